The molecule has 0 saturated heterocycles. The first-order valence-corrected chi connectivity index (χ1v) is 7.24. The minimum atomic E-state index is 0.158. The molecule has 4 nitrogen and oxygen atoms in total. The molecule has 0 bridgehead atoms. The maximum absolute atomic E-state index is 10.2. The summed E-state index contributed by atoms with van der Waals surface area (Å²) in [6.07, 6.45) is 3.67. The number of fused-ring (bicyclic) bond motifs is 2. The van der Waals surface area contributed by atoms with Crippen molar-refractivity contribution in [3.05, 3.63) is 56.9 Å². The molecule has 0 spiro atoms. The number of rotatable bonds is 1. The largest absolute Gasteiger partial charge is 0.494 e. The molecule has 2 heterocycles. The van der Waals surface area contributed by atoms with Crippen LogP contribution in [0.25, 0.3) is 23.2 Å². The monoisotopic (exact) mass is 339 g/mol. The van der Waals surface area contributed by atoms with Gasteiger partial charge >= 0.3 is 0 Å². The number of hydrogen-bond acceptors (Lipinski definition) is 3. The first kappa shape index (κ1) is 12.3. The van der Waals surface area contributed by atoms with Gasteiger partial charge in [-0.05, 0) is 39.4 Å². The molecule has 1 aliphatic heterocycles. The van der Waals surface area contributed by atoms with Gasteiger partial charge in [0.05, 0.1) is 17.4 Å². The Kier molecular flexibility index (Phi) is 2.68. The van der Waals surface area contributed by atoms with E-state index in [4.69, 9.17) is 0 Å². The Morgan fingerprint density at radius 2 is 2.10 bits per heavy atom. The zero-order valence-electron chi connectivity index (χ0n) is 10.8. The van der Waals surface area contributed by atoms with Gasteiger partial charge in [0.1, 0.15) is 0 Å². The Hall–Kier alpha value is -2.40. The van der Waals surface area contributed by atoms with E-state index in [0.717, 1.165) is 37.1 Å². The van der Waals surface area contributed by atoms with E-state index in [2.05, 4.69) is 31.1 Å². The number of hydrogen-bond donors (Lipinski definition) is 2. The van der Waals surface area contributed by atoms with Crippen LogP contribution in [-0.2, 0) is 0 Å². The summed E-state index contributed by atoms with van der Waals surface area (Å²) in [7, 11) is 0. The van der Waals surface area contributed by atoms with Crippen LogP contribution in [0.5, 0.6) is 5.88 Å². The van der Waals surface area contributed by atoms with Gasteiger partial charge in [0.15, 0.2) is 5.88 Å². The zero-order chi connectivity index (χ0) is 14.4. The average Bonchev–Trinajstić information content (AvgIpc) is 3.05. The van der Waals surface area contributed by atoms with Crippen LogP contribution < -0.4 is 10.4 Å². The van der Waals surface area contributed by atoms with Gasteiger partial charge in [-0.15, -0.1) is 0 Å². The molecule has 4 rings (SSSR count). The number of azo groups is 1. The molecular formula is C16H10BrN3O. The second-order valence-corrected chi connectivity index (χ2v) is 5.71. The predicted octanol–water partition coefficient (Wildman–Crippen LogP) is 3.30. The van der Waals surface area contributed by atoms with Crippen molar-refractivity contribution in [2.45, 2.75) is 0 Å². The lowest BCUT2D eigenvalue weighted by Gasteiger charge is -1.95. The average molecular weight is 340 g/mol. The third kappa shape index (κ3) is 1.97. The number of nitrogens with one attached hydrogen (secondary N) is 1. The minimum Gasteiger partial charge on any atom is -0.494 e. The minimum absolute atomic E-state index is 0.158. The lowest BCUT2D eigenvalue weighted by Crippen LogP contribution is -2.06. The molecule has 0 aliphatic carbocycles. The molecule has 0 unspecified atom stereocenters. The molecule has 1 aromatic heterocycles. The number of halogens is 1. The maximum Gasteiger partial charge on any atom is 0.196 e. The van der Waals surface area contributed by atoms with Gasteiger partial charge in [-0.25, -0.2) is 0 Å². The van der Waals surface area contributed by atoms with Gasteiger partial charge in [-0.2, -0.15) is 10.2 Å². The molecule has 0 radical (unpaired) electrons. The molecule has 0 atom stereocenters. The topological polar surface area (TPSA) is 60.7 Å². The standard InChI is InChI=1S/C16H10BrN3O/c17-13-3-1-2-11-12(16(21)19-15(11)13)6-9-4-5-10-8-18-20-14(10)7-9/h1-8,19,21H. The van der Waals surface area contributed by atoms with Crippen molar-refractivity contribution in [3.8, 4) is 5.88 Å². The van der Waals surface area contributed by atoms with Crippen LogP contribution in [0.15, 0.2) is 51.1 Å². The second-order valence-electron chi connectivity index (χ2n) is 4.86. The highest BCUT2D eigenvalue weighted by Crippen LogP contribution is 2.32. The lowest BCUT2D eigenvalue weighted by atomic mass is 10.1. The van der Waals surface area contributed by atoms with Crippen molar-refractivity contribution in [2.24, 2.45) is 10.2 Å². The van der Waals surface area contributed by atoms with Crippen molar-refractivity contribution in [2.75, 3.05) is 0 Å². The highest BCUT2D eigenvalue weighted by molar-refractivity contribution is 9.10. The van der Waals surface area contributed by atoms with Crippen molar-refractivity contribution in [1.82, 2.24) is 4.98 Å². The number of aromatic hydroxyl groups is 1. The Bertz CT molecular complexity index is 1020. The Morgan fingerprint density at radius 1 is 1.19 bits per heavy atom. The first-order valence-electron chi connectivity index (χ1n) is 6.44. The SMILES string of the molecule is Oc1[nH]c2c(Br)cccc2c1C=c1ccc2c(c1)N=NC=2. The fourth-order valence-corrected chi connectivity index (χ4v) is 2.97. The molecule has 3 aromatic rings. The fraction of sp³-hybridized carbons (Fsp3) is 0. The van der Waals surface area contributed by atoms with Gasteiger partial charge in [0.25, 0.3) is 0 Å². The zero-order valence-corrected chi connectivity index (χ0v) is 12.4. The van der Waals surface area contributed by atoms with Crippen LogP contribution in [-0.4, -0.2) is 10.1 Å². The van der Waals surface area contributed by atoms with E-state index in [0.29, 0.717) is 0 Å². The molecule has 2 aromatic carbocycles. The molecule has 102 valence electrons. The van der Waals surface area contributed by atoms with E-state index in [1.54, 1.807) is 6.20 Å². The van der Waals surface area contributed by atoms with E-state index in [1.807, 2.05) is 42.5 Å². The first-order chi connectivity index (χ1) is 10.2. The number of H-pyrrole nitrogens is 1. The third-order valence-electron chi connectivity index (χ3n) is 3.53. The molecule has 1 aliphatic rings. The Labute approximate surface area is 128 Å². The maximum atomic E-state index is 10.2. The van der Waals surface area contributed by atoms with E-state index in [1.165, 1.54) is 0 Å². The Morgan fingerprint density at radius 3 is 3.00 bits per heavy atom. The summed E-state index contributed by atoms with van der Waals surface area (Å²) in [5.41, 5.74) is 2.50. The summed E-state index contributed by atoms with van der Waals surface area (Å²) in [4.78, 5) is 3.00. The molecule has 5 heteroatoms. The summed E-state index contributed by atoms with van der Waals surface area (Å²) < 4.78 is 0.923. The third-order valence-corrected chi connectivity index (χ3v) is 4.19. The molecule has 0 fully saturated rings. The van der Waals surface area contributed by atoms with Crippen LogP contribution in [0.3, 0.4) is 0 Å². The lowest BCUT2D eigenvalue weighted by molar-refractivity contribution is 0.457. The highest BCUT2D eigenvalue weighted by atomic mass is 79.9. The second kappa shape index (κ2) is 4.56. The van der Waals surface area contributed by atoms with Crippen LogP contribution >= 0.6 is 15.9 Å². The molecule has 0 amide bonds. The van der Waals surface area contributed by atoms with Gasteiger partial charge in [0, 0.05) is 20.6 Å². The number of aromatic nitrogens is 1. The van der Waals surface area contributed by atoms with Gasteiger partial charge in [-0.1, -0.05) is 24.3 Å². The van der Waals surface area contributed by atoms with Crippen LogP contribution in [0, 0.1) is 0 Å². The summed E-state index contributed by atoms with van der Waals surface area (Å²) in [5.74, 6) is 0.158. The van der Waals surface area contributed by atoms with Crippen molar-refractivity contribution in [1.29, 1.82) is 0 Å². The van der Waals surface area contributed by atoms with Crippen LogP contribution in [0.2, 0.25) is 0 Å². The van der Waals surface area contributed by atoms with E-state index in [-0.39, 0.29) is 5.88 Å². The van der Waals surface area contributed by atoms with Gasteiger partial charge in [0.2, 0.25) is 0 Å². The normalized spacial score (nSPS) is 13.7. The summed E-state index contributed by atoms with van der Waals surface area (Å²) in [6, 6.07) is 11.8. The van der Waals surface area contributed by atoms with Crippen LogP contribution in [0.1, 0.15) is 5.56 Å². The van der Waals surface area contributed by atoms with Gasteiger partial charge in [-0.3, -0.25) is 0 Å². The van der Waals surface area contributed by atoms with Crippen molar-refractivity contribution >= 4 is 44.8 Å². The molecule has 2 N–H and O–H groups in total. The van der Waals surface area contributed by atoms with Crippen molar-refractivity contribution in [3.63, 3.8) is 0 Å². The molecular weight excluding hydrogens is 330 g/mol. The fourth-order valence-electron chi connectivity index (χ4n) is 2.50. The van der Waals surface area contributed by atoms with Crippen molar-refractivity contribution < 1.29 is 5.11 Å². The summed E-state index contributed by atoms with van der Waals surface area (Å²) in [6.45, 7) is 0. The molecule has 21 heavy (non-hydrogen) atoms. The van der Waals surface area contributed by atoms with Crippen LogP contribution in [0.4, 0.5) is 5.69 Å². The molecule has 0 saturated carbocycles. The summed E-state index contributed by atoms with van der Waals surface area (Å²) in [5, 5.41) is 21.1. The summed E-state index contributed by atoms with van der Waals surface area (Å²) >= 11 is 3.48. The number of nitrogens with zero attached hydrogens (tertiary/aromatic N) is 2. The number of aromatic amines is 1. The quantitative estimate of drug-likeness (QED) is 0.702. The Balaban J connectivity index is 1.98. The number of para-hydroxylation sites is 1. The highest BCUT2D eigenvalue weighted by Gasteiger charge is 2.10. The predicted molar refractivity (Wildman–Crippen MR) is 85.9 cm³/mol. The van der Waals surface area contributed by atoms with E-state index in [9.17, 15) is 5.11 Å². The number of benzene rings is 2. The van der Waals surface area contributed by atoms with Gasteiger partial charge < -0.3 is 10.1 Å². The van der Waals surface area contributed by atoms with E-state index >= 15 is 0 Å². The smallest absolute Gasteiger partial charge is 0.196 e. The van der Waals surface area contributed by atoms with E-state index < -0.39 is 0 Å².